The highest BCUT2D eigenvalue weighted by molar-refractivity contribution is 6.85. The van der Waals surface area contributed by atoms with Crippen LogP contribution in [0.1, 0.15) is 34.7 Å². The van der Waals surface area contributed by atoms with Crippen LogP contribution in [-0.4, -0.2) is 11.3 Å². The van der Waals surface area contributed by atoms with Crippen LogP contribution in [0.2, 0.25) is 5.82 Å². The molecule has 1 aromatic heterocycles. The second kappa shape index (κ2) is 6.16. The van der Waals surface area contributed by atoms with E-state index in [-0.39, 0.29) is 0 Å². The summed E-state index contributed by atoms with van der Waals surface area (Å²) in [4.78, 5) is 0. The lowest BCUT2D eigenvalue weighted by Crippen LogP contribution is -2.55. The van der Waals surface area contributed by atoms with E-state index < -0.39 is 6.71 Å². The van der Waals surface area contributed by atoms with E-state index >= 15 is 0 Å². The number of hydrogen-bond acceptors (Lipinski definition) is 0. The fourth-order valence-electron chi connectivity index (χ4n) is 5.52. The topological polar surface area (TPSA) is 8.81 Å². The van der Waals surface area contributed by atoms with Gasteiger partial charge in [-0.15, -0.1) is 5.82 Å². The van der Waals surface area contributed by atoms with Crippen LogP contribution in [0.25, 0.3) is 5.69 Å². The van der Waals surface area contributed by atoms with E-state index in [2.05, 4.69) is 93.4 Å². The summed E-state index contributed by atoms with van der Waals surface area (Å²) in [5, 5.41) is 0. The molecule has 0 aliphatic carbocycles. The van der Waals surface area contributed by atoms with Gasteiger partial charge in [0.25, 0.3) is 0 Å². The summed E-state index contributed by atoms with van der Waals surface area (Å²) in [5.74, 6) is 0.684. The van der Waals surface area contributed by atoms with Crippen LogP contribution in [-0.2, 0) is 6.54 Å². The van der Waals surface area contributed by atoms with Crippen LogP contribution in [0.4, 0.5) is 0 Å². The van der Waals surface area contributed by atoms with Gasteiger partial charge in [0.2, 0.25) is 0 Å². The van der Waals surface area contributed by atoms with Gasteiger partial charge in [-0.2, -0.15) is 5.46 Å². The predicted octanol–water partition coefficient (Wildman–Crippen LogP) is 3.05. The van der Waals surface area contributed by atoms with Crippen molar-refractivity contribution in [2.24, 2.45) is 0 Å². The number of fused-ring (bicyclic) bond motifs is 1. The Bertz CT molecular complexity index is 956. The van der Waals surface area contributed by atoms with Crippen LogP contribution in [0.3, 0.4) is 0 Å². The Morgan fingerprint density at radius 2 is 1.58 bits per heavy atom. The predicted molar refractivity (Wildman–Crippen MR) is 112 cm³/mol. The van der Waals surface area contributed by atoms with Gasteiger partial charge < -0.3 is 0 Å². The standard InChI is InChI=1S/C23H29BN2/c1-15-12-18(4)22(19(5)13-15)26-11-10-25-14-20(6)24(23(25)26)21-16(2)8-7-9-17(21)3/h7-13,20,24H,14H2,1-6H3/t20-,24-/m1/s1. The lowest BCUT2D eigenvalue weighted by Gasteiger charge is -2.25. The van der Waals surface area contributed by atoms with Crippen molar-refractivity contribution in [2.45, 2.75) is 53.9 Å². The fourth-order valence-corrected chi connectivity index (χ4v) is 5.52. The summed E-state index contributed by atoms with van der Waals surface area (Å²) in [5.41, 5.74) is 11.4. The lowest BCUT2D eigenvalue weighted by molar-refractivity contribution is -0.672. The Morgan fingerprint density at radius 3 is 2.19 bits per heavy atom. The highest BCUT2D eigenvalue weighted by Crippen LogP contribution is 2.23. The first-order valence-corrected chi connectivity index (χ1v) is 9.84. The summed E-state index contributed by atoms with van der Waals surface area (Å²) >= 11 is 0. The first-order chi connectivity index (χ1) is 12.4. The maximum Gasteiger partial charge on any atom is 0.142 e. The molecule has 0 fully saturated rings. The fraction of sp³-hybridized carbons (Fsp3) is 0.348. The Kier molecular flexibility index (Phi) is 4.06. The first kappa shape index (κ1) is 17.1. The summed E-state index contributed by atoms with van der Waals surface area (Å²) < 4.78 is 4.98. The molecule has 2 heterocycles. The third kappa shape index (κ3) is 2.53. The molecule has 1 aliphatic heterocycles. The van der Waals surface area contributed by atoms with Gasteiger partial charge in [0.15, 0.2) is 0 Å². The Hall–Kier alpha value is -2.29. The molecular weight excluding hydrogens is 315 g/mol. The molecule has 2 nitrogen and oxygen atoms in total. The van der Waals surface area contributed by atoms with E-state index in [1.54, 1.807) is 5.46 Å². The normalized spacial score (nSPS) is 19.0. The van der Waals surface area contributed by atoms with Gasteiger partial charge in [-0.1, -0.05) is 53.9 Å². The zero-order chi connectivity index (χ0) is 18.6. The third-order valence-corrected chi connectivity index (χ3v) is 6.45. The number of rotatable bonds is 2. The summed E-state index contributed by atoms with van der Waals surface area (Å²) in [6, 6.07) is 11.4. The minimum Gasteiger partial charge on any atom is -0.273 e. The number of hydrogen-bond donors (Lipinski definition) is 0. The molecule has 0 N–H and O–H groups in total. The van der Waals surface area contributed by atoms with Crippen LogP contribution in [0.15, 0.2) is 42.7 Å². The molecule has 134 valence electrons. The molecule has 0 amide bonds. The van der Waals surface area contributed by atoms with Crippen molar-refractivity contribution in [1.82, 2.24) is 4.57 Å². The lowest BCUT2D eigenvalue weighted by atomic mass is 9.37. The summed E-state index contributed by atoms with van der Waals surface area (Å²) in [6.07, 6.45) is 4.56. The van der Waals surface area contributed by atoms with Crippen molar-refractivity contribution in [1.29, 1.82) is 0 Å². The minimum absolute atomic E-state index is 0.604. The zero-order valence-corrected chi connectivity index (χ0v) is 16.9. The molecule has 26 heavy (non-hydrogen) atoms. The molecule has 0 saturated heterocycles. The second-order valence-electron chi connectivity index (χ2n) is 8.54. The number of imidazole rings is 1. The molecular formula is C23H29BN2. The number of aryl methyl sites for hydroxylation is 5. The van der Waals surface area contributed by atoms with Crippen molar-refractivity contribution in [3.8, 4) is 5.69 Å². The maximum absolute atomic E-state index is 2.50. The minimum atomic E-state index is -0.604. The number of benzene rings is 2. The largest absolute Gasteiger partial charge is 0.273 e. The SMILES string of the molecule is Cc1cc(C)c(-n2cc[n+]3c2[B@@H-](c2c(C)cccc2C)[C@H](C)C3)c(C)c1. The van der Waals surface area contributed by atoms with Crippen LogP contribution in [0.5, 0.6) is 0 Å². The van der Waals surface area contributed by atoms with Gasteiger partial charge in [0.05, 0.1) is 12.3 Å². The average molecular weight is 344 g/mol. The molecule has 0 radical (unpaired) electrons. The van der Waals surface area contributed by atoms with E-state index in [9.17, 15) is 0 Å². The third-order valence-electron chi connectivity index (χ3n) is 6.45. The van der Waals surface area contributed by atoms with E-state index in [1.807, 2.05) is 0 Å². The molecule has 0 saturated carbocycles. The maximum atomic E-state index is 2.50. The van der Waals surface area contributed by atoms with Crippen molar-refractivity contribution in [2.75, 3.05) is 0 Å². The van der Waals surface area contributed by atoms with Gasteiger partial charge in [0, 0.05) is 0 Å². The van der Waals surface area contributed by atoms with Crippen LogP contribution in [0, 0.1) is 34.6 Å². The molecule has 2 aromatic carbocycles. The molecule has 0 bridgehead atoms. The van der Waals surface area contributed by atoms with Crippen molar-refractivity contribution < 1.29 is 4.57 Å². The van der Waals surface area contributed by atoms with Crippen LogP contribution < -0.4 is 15.8 Å². The Balaban J connectivity index is 1.96. The Morgan fingerprint density at radius 1 is 0.962 bits per heavy atom. The van der Waals surface area contributed by atoms with E-state index in [1.165, 1.54) is 39.2 Å². The first-order valence-electron chi connectivity index (χ1n) is 9.84. The second-order valence-corrected chi connectivity index (χ2v) is 8.54. The molecule has 2 atom stereocenters. The molecule has 3 aromatic rings. The highest BCUT2D eigenvalue weighted by atomic mass is 15.2. The Labute approximate surface area is 157 Å². The number of aromatic nitrogens is 2. The summed E-state index contributed by atoms with van der Waals surface area (Å²) in [6.45, 7) is 14.2. The molecule has 4 rings (SSSR count). The van der Waals surface area contributed by atoms with Crippen molar-refractivity contribution >= 4 is 17.9 Å². The van der Waals surface area contributed by atoms with Crippen LogP contribution >= 0.6 is 0 Å². The smallest absolute Gasteiger partial charge is 0.142 e. The molecule has 0 spiro atoms. The zero-order valence-electron chi connectivity index (χ0n) is 16.9. The van der Waals surface area contributed by atoms with Gasteiger partial charge in [-0.3, -0.25) is 4.57 Å². The van der Waals surface area contributed by atoms with Gasteiger partial charge in [0.1, 0.15) is 24.8 Å². The van der Waals surface area contributed by atoms with Gasteiger partial charge in [-0.25, -0.2) is 4.57 Å². The van der Waals surface area contributed by atoms with Gasteiger partial charge >= 0.3 is 0 Å². The monoisotopic (exact) mass is 344 g/mol. The van der Waals surface area contributed by atoms with Crippen molar-refractivity contribution in [3.63, 3.8) is 0 Å². The van der Waals surface area contributed by atoms with E-state index in [0.717, 1.165) is 6.54 Å². The average Bonchev–Trinajstić information content (AvgIpc) is 3.06. The number of nitrogens with zero attached hydrogens (tertiary/aromatic N) is 2. The van der Waals surface area contributed by atoms with E-state index in [0.29, 0.717) is 5.82 Å². The van der Waals surface area contributed by atoms with E-state index in [4.69, 9.17) is 0 Å². The summed E-state index contributed by atoms with van der Waals surface area (Å²) in [7, 11) is 0. The van der Waals surface area contributed by atoms with Crippen molar-refractivity contribution in [3.05, 3.63) is 70.5 Å². The molecule has 1 aliphatic rings. The molecule has 3 heteroatoms. The molecule has 0 unspecified atom stereocenters. The highest BCUT2D eigenvalue weighted by Gasteiger charge is 2.36. The van der Waals surface area contributed by atoms with Gasteiger partial charge in [-0.05, 0) is 45.7 Å². The quantitative estimate of drug-likeness (QED) is 0.499.